The zero-order chi connectivity index (χ0) is 17.7. The lowest BCUT2D eigenvalue weighted by molar-refractivity contribution is -0.558. The molecule has 5 unspecified atom stereocenters. The van der Waals surface area contributed by atoms with Gasteiger partial charge in [-0.3, -0.25) is 10.1 Å². The van der Waals surface area contributed by atoms with Crippen LogP contribution < -0.4 is 5.32 Å². The number of ether oxygens (including phenoxy) is 1. The molecule has 1 N–H and O–H groups in total. The second kappa shape index (κ2) is 5.71. The number of alkyl carbamates (subject to hydrolysis) is 1. The van der Waals surface area contributed by atoms with Gasteiger partial charge in [-0.15, -0.1) is 0 Å². The molecular formula is C19H24N2O4. The van der Waals surface area contributed by atoms with E-state index in [2.05, 4.69) is 12.2 Å². The molecule has 1 aromatic rings. The van der Waals surface area contributed by atoms with E-state index in [0.29, 0.717) is 18.8 Å². The average molecular weight is 344 g/mol. The Hall–Kier alpha value is -2.11. The van der Waals surface area contributed by atoms with Crippen LogP contribution in [0, 0.1) is 27.4 Å². The molecule has 5 atom stereocenters. The second-order valence-electron chi connectivity index (χ2n) is 8.53. The average Bonchev–Trinajstić information content (AvgIpc) is 2.51. The van der Waals surface area contributed by atoms with E-state index in [-0.39, 0.29) is 22.9 Å². The van der Waals surface area contributed by atoms with Gasteiger partial charge in [0.15, 0.2) is 0 Å². The van der Waals surface area contributed by atoms with Gasteiger partial charge in [0.05, 0.1) is 0 Å². The Bertz CT molecular complexity index is 694. The molecule has 1 amide bonds. The molecule has 4 aliphatic rings. The molecule has 25 heavy (non-hydrogen) atoms. The SMILES string of the molecule is CC12CC3CC(C1)C([N+](=O)[O-])C(NC(=O)OCc1ccccc1)(C3)C2. The van der Waals surface area contributed by atoms with Crippen LogP contribution in [0.3, 0.4) is 0 Å². The van der Waals surface area contributed by atoms with Crippen LogP contribution in [0.25, 0.3) is 0 Å². The number of benzene rings is 1. The standard InChI is InChI=1S/C19H24N2O4/c1-18-8-14-7-15(10-18)16(21(23)24)19(9-14,12-18)20-17(22)25-11-13-5-3-2-4-6-13/h2-6,14-16H,7-12H2,1H3,(H,20,22). The van der Waals surface area contributed by atoms with Crippen LogP contribution in [0.4, 0.5) is 4.79 Å². The number of hydrogen-bond acceptors (Lipinski definition) is 4. The smallest absolute Gasteiger partial charge is 0.408 e. The number of carbonyl (C=O) groups is 1. The van der Waals surface area contributed by atoms with Gasteiger partial charge >= 0.3 is 6.09 Å². The Morgan fingerprint density at radius 3 is 2.76 bits per heavy atom. The summed E-state index contributed by atoms with van der Waals surface area (Å²) in [6, 6.07) is 8.76. The van der Waals surface area contributed by atoms with E-state index >= 15 is 0 Å². The quantitative estimate of drug-likeness (QED) is 0.669. The van der Waals surface area contributed by atoms with E-state index in [4.69, 9.17) is 4.74 Å². The van der Waals surface area contributed by atoms with E-state index in [1.807, 2.05) is 30.3 Å². The molecule has 4 bridgehead atoms. The zero-order valence-corrected chi connectivity index (χ0v) is 14.4. The van der Waals surface area contributed by atoms with Crippen molar-refractivity contribution in [2.24, 2.45) is 17.3 Å². The largest absolute Gasteiger partial charge is 0.445 e. The lowest BCUT2D eigenvalue weighted by atomic mass is 9.45. The number of nitrogens with zero attached hydrogens (tertiary/aromatic N) is 1. The maximum absolute atomic E-state index is 12.4. The first-order valence-electron chi connectivity index (χ1n) is 9.02. The van der Waals surface area contributed by atoms with Crippen molar-refractivity contribution in [3.63, 3.8) is 0 Å². The highest BCUT2D eigenvalue weighted by molar-refractivity contribution is 5.68. The van der Waals surface area contributed by atoms with E-state index in [9.17, 15) is 14.9 Å². The fourth-order valence-electron chi connectivity index (χ4n) is 6.08. The number of rotatable bonds is 4. The normalized spacial score (nSPS) is 38.4. The van der Waals surface area contributed by atoms with Crippen LogP contribution in [-0.4, -0.2) is 22.6 Å². The van der Waals surface area contributed by atoms with Crippen molar-refractivity contribution in [1.82, 2.24) is 5.32 Å². The maximum Gasteiger partial charge on any atom is 0.408 e. The molecular weight excluding hydrogens is 320 g/mol. The van der Waals surface area contributed by atoms with Crippen molar-refractivity contribution >= 4 is 6.09 Å². The molecule has 1 aromatic carbocycles. The summed E-state index contributed by atoms with van der Waals surface area (Å²) >= 11 is 0. The van der Waals surface area contributed by atoms with Crippen molar-refractivity contribution in [3.05, 3.63) is 46.0 Å². The molecule has 0 spiro atoms. The number of hydrogen-bond donors (Lipinski definition) is 1. The molecule has 0 saturated heterocycles. The minimum atomic E-state index is -0.754. The van der Waals surface area contributed by atoms with Gasteiger partial charge in [-0.05, 0) is 49.0 Å². The first-order valence-corrected chi connectivity index (χ1v) is 9.02. The van der Waals surface area contributed by atoms with E-state index in [1.165, 1.54) is 0 Å². The third-order valence-corrected chi connectivity index (χ3v) is 6.37. The Labute approximate surface area is 147 Å². The lowest BCUT2D eigenvalue weighted by Gasteiger charge is -2.61. The first-order chi connectivity index (χ1) is 11.9. The number of amides is 1. The van der Waals surface area contributed by atoms with E-state index < -0.39 is 17.7 Å². The van der Waals surface area contributed by atoms with Crippen LogP contribution in [0.15, 0.2) is 30.3 Å². The summed E-state index contributed by atoms with van der Waals surface area (Å²) in [7, 11) is 0. The minimum absolute atomic E-state index is 0.0654. The minimum Gasteiger partial charge on any atom is -0.445 e. The van der Waals surface area contributed by atoms with Crippen LogP contribution >= 0.6 is 0 Å². The molecule has 6 nitrogen and oxygen atoms in total. The second-order valence-corrected chi connectivity index (χ2v) is 8.53. The predicted molar refractivity (Wildman–Crippen MR) is 91.4 cm³/mol. The van der Waals surface area contributed by atoms with Crippen LogP contribution in [0.1, 0.15) is 44.6 Å². The molecule has 0 aromatic heterocycles. The van der Waals surface area contributed by atoms with Crippen molar-refractivity contribution < 1.29 is 14.5 Å². The Kier molecular flexibility index (Phi) is 3.74. The summed E-state index contributed by atoms with van der Waals surface area (Å²) in [5, 5.41) is 14.7. The van der Waals surface area contributed by atoms with Gasteiger partial charge in [-0.25, -0.2) is 4.79 Å². The van der Waals surface area contributed by atoms with Gasteiger partial charge < -0.3 is 10.1 Å². The topological polar surface area (TPSA) is 81.5 Å². The summed E-state index contributed by atoms with van der Waals surface area (Å²) in [5.41, 5.74) is 0.252. The fraction of sp³-hybridized carbons (Fsp3) is 0.632. The molecule has 5 rings (SSSR count). The van der Waals surface area contributed by atoms with E-state index in [1.54, 1.807) is 0 Å². The number of nitro groups is 1. The fourth-order valence-corrected chi connectivity index (χ4v) is 6.08. The van der Waals surface area contributed by atoms with Crippen molar-refractivity contribution in [1.29, 1.82) is 0 Å². The number of nitrogens with one attached hydrogen (secondary N) is 1. The zero-order valence-electron chi connectivity index (χ0n) is 14.4. The Morgan fingerprint density at radius 1 is 1.32 bits per heavy atom. The predicted octanol–water partition coefficient (Wildman–Crippen LogP) is 3.53. The lowest BCUT2D eigenvalue weighted by Crippen LogP contribution is -2.72. The van der Waals surface area contributed by atoms with Crippen LogP contribution in [0.5, 0.6) is 0 Å². The maximum atomic E-state index is 12.4. The Morgan fingerprint density at radius 2 is 2.08 bits per heavy atom. The summed E-state index contributed by atoms with van der Waals surface area (Å²) in [4.78, 5) is 24.0. The summed E-state index contributed by atoms with van der Waals surface area (Å²) in [6.07, 6.45) is 3.78. The van der Waals surface area contributed by atoms with Crippen LogP contribution in [0.2, 0.25) is 0 Å². The van der Waals surface area contributed by atoms with Gasteiger partial charge in [-0.2, -0.15) is 0 Å². The van der Waals surface area contributed by atoms with Gasteiger partial charge in [0, 0.05) is 10.8 Å². The summed E-state index contributed by atoms with van der Waals surface area (Å²) < 4.78 is 5.36. The van der Waals surface area contributed by atoms with Gasteiger partial charge in [0.1, 0.15) is 12.1 Å². The molecule has 4 saturated carbocycles. The highest BCUT2D eigenvalue weighted by Crippen LogP contribution is 2.62. The highest BCUT2D eigenvalue weighted by atomic mass is 16.6. The van der Waals surface area contributed by atoms with Crippen molar-refractivity contribution in [2.75, 3.05) is 0 Å². The van der Waals surface area contributed by atoms with Gasteiger partial charge in [-0.1, -0.05) is 37.3 Å². The van der Waals surface area contributed by atoms with E-state index in [0.717, 1.165) is 24.8 Å². The summed E-state index contributed by atoms with van der Waals surface area (Å²) in [5.74, 6) is 0.541. The first kappa shape index (κ1) is 16.4. The molecule has 134 valence electrons. The number of carbonyl (C=O) groups excluding carboxylic acids is 1. The monoisotopic (exact) mass is 344 g/mol. The third-order valence-electron chi connectivity index (χ3n) is 6.37. The summed E-state index contributed by atoms with van der Waals surface area (Å²) in [6.45, 7) is 2.39. The molecule has 4 aliphatic carbocycles. The molecule has 6 heteroatoms. The van der Waals surface area contributed by atoms with Gasteiger partial charge in [0.2, 0.25) is 6.04 Å². The molecule has 4 fully saturated rings. The molecule has 0 heterocycles. The van der Waals surface area contributed by atoms with Crippen molar-refractivity contribution in [3.8, 4) is 0 Å². The Balaban J connectivity index is 1.50. The molecule has 0 radical (unpaired) electrons. The van der Waals surface area contributed by atoms with Crippen molar-refractivity contribution in [2.45, 2.75) is 57.2 Å². The highest BCUT2D eigenvalue weighted by Gasteiger charge is 2.66. The molecule has 0 aliphatic heterocycles. The van der Waals surface area contributed by atoms with Gasteiger partial charge in [0.25, 0.3) is 0 Å². The van der Waals surface area contributed by atoms with Crippen LogP contribution in [-0.2, 0) is 11.3 Å². The third kappa shape index (κ3) is 2.87.